The van der Waals surface area contributed by atoms with Crippen molar-refractivity contribution in [1.82, 2.24) is 19.8 Å². The molecule has 2 aliphatic heterocycles. The van der Waals surface area contributed by atoms with E-state index in [2.05, 4.69) is 22.7 Å². The van der Waals surface area contributed by atoms with E-state index < -0.39 is 39.3 Å². The number of carbonyl (C=O) groups is 2. The predicted molar refractivity (Wildman–Crippen MR) is 141 cm³/mol. The van der Waals surface area contributed by atoms with Gasteiger partial charge in [0.15, 0.2) is 0 Å². The highest BCUT2D eigenvalue weighted by Gasteiger charge is 2.60. The monoisotopic (exact) mass is 546 g/mol. The quantitative estimate of drug-likeness (QED) is 0.235. The molecule has 5 atom stereocenters. The second-order valence-electron chi connectivity index (χ2n) is 11.1. The van der Waals surface area contributed by atoms with Gasteiger partial charge in [-0.3, -0.25) is 14.5 Å². The second kappa shape index (κ2) is 10.7. The highest BCUT2D eigenvalue weighted by atomic mass is 32.2. The number of benzene rings is 1. The van der Waals surface area contributed by atoms with E-state index in [1.807, 2.05) is 23.1 Å². The van der Waals surface area contributed by atoms with E-state index in [1.54, 1.807) is 11.0 Å². The van der Waals surface area contributed by atoms with Crippen LogP contribution in [0.3, 0.4) is 0 Å². The van der Waals surface area contributed by atoms with E-state index in [4.69, 9.17) is 0 Å². The fraction of sp³-hybridized carbons (Fsp3) is 0.630. The Balaban J connectivity index is 1.16. The molecule has 2 heterocycles. The molecule has 10 nitrogen and oxygen atoms in total. The molecule has 38 heavy (non-hydrogen) atoms. The maximum Gasteiger partial charge on any atom is 0.238 e. The van der Waals surface area contributed by atoms with Crippen molar-refractivity contribution in [2.75, 3.05) is 13.1 Å². The van der Waals surface area contributed by atoms with Gasteiger partial charge in [0.1, 0.15) is 12.5 Å². The number of hydrogen-bond acceptors (Lipinski definition) is 7. The maximum atomic E-state index is 13.3. The number of likely N-dealkylation sites (tertiary alicyclic amines) is 1. The molecule has 3 fully saturated rings. The standard InChI is InChI=1S/C27H38N4O6S/c1-2-20-16-27(20,26(35)29-38(36,37)21-9-10-21)28-25(34)22-8-5-14-31(22)24(33)12-11-23(32)30-15-13-18-6-3-4-7-19(18)17-30/h2-4,6-7,20-22,24,26,29,33,35H,1,5,8-17H2,(H,28,34)/t20?,22-,24?,26?,27?/m0/s1. The SMILES string of the molecule is C=CC1CC1(NC(=O)[C@@H]1CCCN1C(O)CCC(=O)N1CCc2ccccc2C1)C(O)NS(=O)(=O)C1CC1. The van der Waals surface area contributed by atoms with Crippen molar-refractivity contribution in [3.63, 3.8) is 0 Å². The number of amides is 2. The van der Waals surface area contributed by atoms with Crippen LogP contribution < -0.4 is 10.0 Å². The Kier molecular flexibility index (Phi) is 7.67. The zero-order valence-corrected chi connectivity index (χ0v) is 22.4. The number of nitrogens with one attached hydrogen (secondary N) is 2. The summed E-state index contributed by atoms with van der Waals surface area (Å²) in [6.07, 6.45) is 3.13. The van der Waals surface area contributed by atoms with Crippen LogP contribution in [0.25, 0.3) is 0 Å². The molecular weight excluding hydrogens is 508 g/mol. The maximum absolute atomic E-state index is 13.3. The number of aliphatic hydroxyl groups is 2. The van der Waals surface area contributed by atoms with Gasteiger partial charge < -0.3 is 20.4 Å². The van der Waals surface area contributed by atoms with Crippen LogP contribution in [0.4, 0.5) is 0 Å². The topological polar surface area (TPSA) is 139 Å². The second-order valence-corrected chi connectivity index (χ2v) is 13.1. The molecule has 2 aliphatic carbocycles. The normalized spacial score (nSPS) is 28.8. The first-order valence-electron chi connectivity index (χ1n) is 13.6. The summed E-state index contributed by atoms with van der Waals surface area (Å²) in [5.41, 5.74) is 1.26. The Bertz CT molecular complexity index is 1190. The van der Waals surface area contributed by atoms with Crippen molar-refractivity contribution in [3.8, 4) is 0 Å². The summed E-state index contributed by atoms with van der Waals surface area (Å²) in [6, 6.07) is 7.47. The van der Waals surface area contributed by atoms with Gasteiger partial charge in [0.2, 0.25) is 21.8 Å². The van der Waals surface area contributed by atoms with Gasteiger partial charge in [-0.2, -0.15) is 4.72 Å². The van der Waals surface area contributed by atoms with E-state index in [1.165, 1.54) is 5.56 Å². The first-order chi connectivity index (χ1) is 18.1. The van der Waals surface area contributed by atoms with Crippen LogP contribution in [0, 0.1) is 5.92 Å². The molecule has 1 aromatic rings. The highest BCUT2D eigenvalue weighted by Crippen LogP contribution is 2.47. The van der Waals surface area contributed by atoms with Crippen LogP contribution in [0.5, 0.6) is 0 Å². The molecule has 4 aliphatic rings. The lowest BCUT2D eigenvalue weighted by molar-refractivity contribution is -0.135. The van der Waals surface area contributed by atoms with Crippen molar-refractivity contribution < 1.29 is 28.2 Å². The molecule has 5 rings (SSSR count). The van der Waals surface area contributed by atoms with Crippen LogP contribution in [0.2, 0.25) is 0 Å². The minimum absolute atomic E-state index is 0.0180. The van der Waals surface area contributed by atoms with Gasteiger partial charge in [-0.15, -0.1) is 6.58 Å². The molecule has 2 amide bonds. The van der Waals surface area contributed by atoms with Gasteiger partial charge >= 0.3 is 0 Å². The molecule has 0 bridgehead atoms. The molecule has 0 aromatic heterocycles. The zero-order valence-electron chi connectivity index (χ0n) is 21.6. The summed E-state index contributed by atoms with van der Waals surface area (Å²) in [4.78, 5) is 29.7. The zero-order chi connectivity index (χ0) is 27.1. The minimum Gasteiger partial charge on any atom is -0.378 e. The molecule has 2 saturated carbocycles. The van der Waals surface area contributed by atoms with Crippen molar-refractivity contribution in [3.05, 3.63) is 48.0 Å². The minimum atomic E-state index is -3.65. The van der Waals surface area contributed by atoms with Crippen LogP contribution >= 0.6 is 0 Å². The third kappa shape index (κ3) is 5.53. The molecule has 4 unspecified atom stereocenters. The Morgan fingerprint density at radius 2 is 1.89 bits per heavy atom. The first-order valence-corrected chi connectivity index (χ1v) is 15.1. The number of rotatable bonds is 11. The summed E-state index contributed by atoms with van der Waals surface area (Å²) in [5, 5.41) is 24.1. The molecule has 0 spiro atoms. The summed E-state index contributed by atoms with van der Waals surface area (Å²) >= 11 is 0. The molecule has 4 N–H and O–H groups in total. The smallest absolute Gasteiger partial charge is 0.238 e. The lowest BCUT2D eigenvalue weighted by Crippen LogP contribution is -2.59. The van der Waals surface area contributed by atoms with Crippen molar-refractivity contribution in [2.24, 2.45) is 5.92 Å². The fourth-order valence-electron chi connectivity index (χ4n) is 5.89. The molecule has 1 aromatic carbocycles. The lowest BCUT2D eigenvalue weighted by atomic mass is 9.99. The first kappa shape index (κ1) is 27.3. The van der Waals surface area contributed by atoms with Crippen LogP contribution in [-0.4, -0.2) is 82.6 Å². The number of nitrogens with zero attached hydrogens (tertiary/aromatic N) is 2. The summed E-state index contributed by atoms with van der Waals surface area (Å²) in [6.45, 7) is 5.49. The summed E-state index contributed by atoms with van der Waals surface area (Å²) in [5.74, 6) is -0.652. The number of sulfonamides is 1. The third-order valence-corrected chi connectivity index (χ3v) is 10.4. The molecule has 1 saturated heterocycles. The van der Waals surface area contributed by atoms with Gasteiger partial charge in [0, 0.05) is 32.0 Å². The van der Waals surface area contributed by atoms with Gasteiger partial charge in [-0.05, 0) is 56.1 Å². The molecule has 11 heteroatoms. The van der Waals surface area contributed by atoms with Crippen molar-refractivity contribution in [1.29, 1.82) is 0 Å². The number of aliphatic hydroxyl groups excluding tert-OH is 2. The Morgan fingerprint density at radius 1 is 1.16 bits per heavy atom. The fourth-order valence-corrected chi connectivity index (χ4v) is 7.36. The average Bonchev–Trinajstić information content (AvgIpc) is 3.83. The van der Waals surface area contributed by atoms with E-state index in [0.717, 1.165) is 12.0 Å². The van der Waals surface area contributed by atoms with E-state index in [-0.39, 0.29) is 30.6 Å². The molecule has 208 valence electrons. The van der Waals surface area contributed by atoms with Crippen molar-refractivity contribution in [2.45, 2.75) is 87.2 Å². The van der Waals surface area contributed by atoms with Crippen molar-refractivity contribution >= 4 is 21.8 Å². The van der Waals surface area contributed by atoms with E-state index >= 15 is 0 Å². The Morgan fingerprint density at radius 3 is 2.58 bits per heavy atom. The highest BCUT2D eigenvalue weighted by molar-refractivity contribution is 7.90. The predicted octanol–water partition coefficient (Wildman–Crippen LogP) is 0.595. The van der Waals surface area contributed by atoms with Gasteiger partial charge in [-0.1, -0.05) is 30.3 Å². The van der Waals surface area contributed by atoms with E-state index in [9.17, 15) is 28.2 Å². The lowest BCUT2D eigenvalue weighted by Gasteiger charge is -2.33. The number of fused-ring (bicyclic) bond motifs is 1. The summed E-state index contributed by atoms with van der Waals surface area (Å²) < 4.78 is 27.1. The number of hydrogen-bond donors (Lipinski definition) is 4. The molecular formula is C27H38N4O6S. The van der Waals surface area contributed by atoms with Gasteiger partial charge in [0.05, 0.1) is 16.8 Å². The van der Waals surface area contributed by atoms with Gasteiger partial charge in [-0.25, -0.2) is 8.42 Å². The number of carbonyl (C=O) groups excluding carboxylic acids is 2. The van der Waals surface area contributed by atoms with Crippen LogP contribution in [0.15, 0.2) is 36.9 Å². The average molecular weight is 547 g/mol. The van der Waals surface area contributed by atoms with E-state index in [0.29, 0.717) is 51.7 Å². The van der Waals surface area contributed by atoms with Crippen LogP contribution in [0.1, 0.15) is 56.1 Å². The molecule has 0 radical (unpaired) electrons. The Labute approximate surface area is 224 Å². The third-order valence-electron chi connectivity index (χ3n) is 8.51. The Hall–Kier alpha value is -2.31. The largest absolute Gasteiger partial charge is 0.378 e. The summed E-state index contributed by atoms with van der Waals surface area (Å²) in [7, 11) is -3.65. The van der Waals surface area contributed by atoms with Crippen LogP contribution in [-0.2, 0) is 32.6 Å². The van der Waals surface area contributed by atoms with Gasteiger partial charge in [0.25, 0.3) is 0 Å².